The van der Waals surface area contributed by atoms with Crippen LogP contribution >= 0.6 is 0 Å². The normalized spacial score (nSPS) is 11.5. The highest BCUT2D eigenvalue weighted by Gasteiger charge is 2.38. The van der Waals surface area contributed by atoms with Gasteiger partial charge in [-0.3, -0.25) is 9.78 Å². The van der Waals surface area contributed by atoms with Crippen molar-refractivity contribution in [3.05, 3.63) is 42.1 Å². The summed E-state index contributed by atoms with van der Waals surface area (Å²) in [6.45, 7) is -0.0754. The molecule has 0 unspecified atom stereocenters. The lowest BCUT2D eigenvalue weighted by Crippen LogP contribution is -2.37. The Morgan fingerprint density at radius 1 is 1.21 bits per heavy atom. The number of nitrogens with one attached hydrogen (secondary N) is 1. The number of fused-ring (bicyclic) bond motifs is 1. The molecule has 3 nitrogen and oxygen atoms in total. The lowest BCUT2D eigenvalue weighted by molar-refractivity contribution is -0.173. The second-order valence-electron chi connectivity index (χ2n) is 4.00. The zero-order valence-electron chi connectivity index (χ0n) is 9.87. The van der Waals surface area contributed by atoms with Crippen LogP contribution in [0.25, 0.3) is 10.9 Å². The molecule has 0 saturated heterocycles. The third kappa shape index (κ3) is 3.21. The number of carbonyl (C=O) groups excluding carboxylic acids is 1. The molecular formula is C13H11F3N2O. The van der Waals surface area contributed by atoms with Gasteiger partial charge < -0.3 is 5.32 Å². The van der Waals surface area contributed by atoms with Crippen molar-refractivity contribution in [3.63, 3.8) is 0 Å². The molecule has 0 aliphatic rings. The lowest BCUT2D eigenvalue weighted by atomic mass is 10.1. The summed E-state index contributed by atoms with van der Waals surface area (Å²) < 4.78 is 36.0. The number of pyridine rings is 1. The largest absolute Gasteiger partial charge is 0.471 e. The number of benzene rings is 1. The van der Waals surface area contributed by atoms with Gasteiger partial charge in [-0.25, -0.2) is 0 Å². The number of halogens is 3. The summed E-state index contributed by atoms with van der Waals surface area (Å²) >= 11 is 0. The fourth-order valence-electron chi connectivity index (χ4n) is 1.78. The Balaban J connectivity index is 2.05. The highest BCUT2D eigenvalue weighted by Crippen LogP contribution is 2.17. The number of hydrogen-bond donors (Lipinski definition) is 1. The number of carbonyl (C=O) groups is 1. The molecule has 19 heavy (non-hydrogen) atoms. The highest BCUT2D eigenvalue weighted by atomic mass is 19.4. The van der Waals surface area contributed by atoms with Gasteiger partial charge in [-0.05, 0) is 18.1 Å². The van der Waals surface area contributed by atoms with Gasteiger partial charge in [0.05, 0.1) is 5.52 Å². The average molecular weight is 268 g/mol. The van der Waals surface area contributed by atoms with Crippen molar-refractivity contribution < 1.29 is 18.0 Å². The smallest absolute Gasteiger partial charge is 0.348 e. The molecule has 0 spiro atoms. The quantitative estimate of drug-likeness (QED) is 0.929. The molecule has 0 saturated carbocycles. The third-order valence-electron chi connectivity index (χ3n) is 2.65. The van der Waals surface area contributed by atoms with E-state index >= 15 is 0 Å². The van der Waals surface area contributed by atoms with Crippen LogP contribution in [0.15, 0.2) is 36.5 Å². The Morgan fingerprint density at radius 3 is 2.68 bits per heavy atom. The molecule has 0 aliphatic heterocycles. The number of para-hydroxylation sites is 1. The van der Waals surface area contributed by atoms with Gasteiger partial charge in [0.2, 0.25) is 0 Å². The first-order chi connectivity index (χ1) is 8.98. The van der Waals surface area contributed by atoms with E-state index in [2.05, 4.69) is 4.98 Å². The Morgan fingerprint density at radius 2 is 1.95 bits per heavy atom. The molecule has 2 aromatic rings. The molecule has 6 heteroatoms. The number of aromatic nitrogens is 1. The summed E-state index contributed by atoms with van der Waals surface area (Å²) in [7, 11) is 0. The van der Waals surface area contributed by atoms with Crippen molar-refractivity contribution in [1.29, 1.82) is 0 Å². The molecule has 0 bridgehead atoms. The van der Waals surface area contributed by atoms with Crippen LogP contribution < -0.4 is 5.32 Å². The van der Waals surface area contributed by atoms with E-state index in [0.29, 0.717) is 6.42 Å². The molecule has 1 amide bonds. The summed E-state index contributed by atoms with van der Waals surface area (Å²) in [5.41, 5.74) is 1.55. The number of amides is 1. The maximum atomic E-state index is 12.0. The molecule has 0 atom stereocenters. The van der Waals surface area contributed by atoms with E-state index in [1.807, 2.05) is 23.5 Å². The van der Waals surface area contributed by atoms with Crippen molar-refractivity contribution in [1.82, 2.24) is 10.3 Å². The fraction of sp³-hybridized carbons (Fsp3) is 0.231. The highest BCUT2D eigenvalue weighted by molar-refractivity contribution is 5.82. The summed E-state index contributed by atoms with van der Waals surface area (Å²) in [6, 6.07) is 9.14. The van der Waals surface area contributed by atoms with E-state index in [0.717, 1.165) is 16.5 Å². The average Bonchev–Trinajstić information content (AvgIpc) is 2.38. The van der Waals surface area contributed by atoms with Gasteiger partial charge in [-0.2, -0.15) is 13.2 Å². The second-order valence-corrected chi connectivity index (χ2v) is 4.00. The van der Waals surface area contributed by atoms with Crippen molar-refractivity contribution in [2.75, 3.05) is 6.54 Å². The molecule has 100 valence electrons. The number of alkyl halides is 3. The zero-order valence-corrected chi connectivity index (χ0v) is 9.87. The molecule has 1 heterocycles. The predicted molar refractivity (Wildman–Crippen MR) is 64.5 cm³/mol. The standard InChI is InChI=1S/C13H11F3N2O/c14-13(15,16)12(19)18-8-6-10-4-1-3-9-5-2-7-17-11(9)10/h1-5,7H,6,8H2,(H,18,19). The van der Waals surface area contributed by atoms with E-state index in [-0.39, 0.29) is 6.54 Å². The topological polar surface area (TPSA) is 42.0 Å². The number of nitrogens with zero attached hydrogens (tertiary/aromatic N) is 1. The molecule has 1 aromatic carbocycles. The summed E-state index contributed by atoms with van der Waals surface area (Å²) in [5.74, 6) is -1.92. The molecule has 0 aliphatic carbocycles. The maximum Gasteiger partial charge on any atom is 0.471 e. The van der Waals surface area contributed by atoms with Gasteiger partial charge in [0.25, 0.3) is 0 Å². The molecule has 1 N–H and O–H groups in total. The van der Waals surface area contributed by atoms with Crippen LogP contribution in [0.2, 0.25) is 0 Å². The van der Waals surface area contributed by atoms with Crippen LogP contribution in [-0.4, -0.2) is 23.6 Å². The first-order valence-electron chi connectivity index (χ1n) is 5.66. The Bertz CT molecular complexity index is 590. The first-order valence-corrected chi connectivity index (χ1v) is 5.66. The van der Waals surface area contributed by atoms with Gasteiger partial charge in [-0.1, -0.05) is 24.3 Å². The van der Waals surface area contributed by atoms with Crippen molar-refractivity contribution in [2.24, 2.45) is 0 Å². The monoisotopic (exact) mass is 268 g/mol. The SMILES string of the molecule is O=C(NCCc1cccc2cccnc12)C(F)(F)F. The number of rotatable bonds is 3. The molecule has 2 rings (SSSR count). The predicted octanol–water partition coefficient (Wildman–Crippen LogP) is 2.46. The molecular weight excluding hydrogens is 257 g/mol. The van der Waals surface area contributed by atoms with Crippen molar-refractivity contribution >= 4 is 16.8 Å². The number of hydrogen-bond acceptors (Lipinski definition) is 2. The third-order valence-corrected chi connectivity index (χ3v) is 2.65. The van der Waals surface area contributed by atoms with E-state index in [1.54, 1.807) is 18.3 Å². The lowest BCUT2D eigenvalue weighted by Gasteiger charge is -2.09. The van der Waals surface area contributed by atoms with Gasteiger partial charge in [0, 0.05) is 18.1 Å². The van der Waals surface area contributed by atoms with Gasteiger partial charge in [-0.15, -0.1) is 0 Å². The second kappa shape index (κ2) is 5.26. The minimum atomic E-state index is -4.84. The molecule has 0 fully saturated rings. The minimum absolute atomic E-state index is 0.0754. The van der Waals surface area contributed by atoms with Crippen LogP contribution in [0.3, 0.4) is 0 Å². The fourth-order valence-corrected chi connectivity index (χ4v) is 1.78. The Labute approximate surface area is 107 Å². The van der Waals surface area contributed by atoms with E-state index in [1.165, 1.54) is 0 Å². The van der Waals surface area contributed by atoms with Gasteiger partial charge >= 0.3 is 12.1 Å². The summed E-state index contributed by atoms with van der Waals surface area (Å²) in [5, 5.41) is 2.76. The van der Waals surface area contributed by atoms with Crippen LogP contribution in [0.4, 0.5) is 13.2 Å². The maximum absolute atomic E-state index is 12.0. The van der Waals surface area contributed by atoms with E-state index < -0.39 is 12.1 Å². The molecule has 1 aromatic heterocycles. The zero-order chi connectivity index (χ0) is 13.9. The van der Waals surface area contributed by atoms with E-state index in [4.69, 9.17) is 0 Å². The van der Waals surface area contributed by atoms with Crippen molar-refractivity contribution in [2.45, 2.75) is 12.6 Å². The van der Waals surface area contributed by atoms with Crippen LogP contribution in [0, 0.1) is 0 Å². The van der Waals surface area contributed by atoms with Gasteiger partial charge in [0.15, 0.2) is 0 Å². The molecule has 0 radical (unpaired) electrons. The van der Waals surface area contributed by atoms with Crippen LogP contribution in [0.1, 0.15) is 5.56 Å². The van der Waals surface area contributed by atoms with Gasteiger partial charge in [0.1, 0.15) is 0 Å². The first kappa shape index (κ1) is 13.3. The summed E-state index contributed by atoms with van der Waals surface area (Å²) in [6.07, 6.45) is -2.91. The Hall–Kier alpha value is -2.11. The van der Waals surface area contributed by atoms with Crippen molar-refractivity contribution in [3.8, 4) is 0 Å². The van der Waals surface area contributed by atoms with Crippen LogP contribution in [0.5, 0.6) is 0 Å². The minimum Gasteiger partial charge on any atom is -0.348 e. The summed E-state index contributed by atoms with van der Waals surface area (Å²) in [4.78, 5) is 14.9. The van der Waals surface area contributed by atoms with E-state index in [9.17, 15) is 18.0 Å². The Kier molecular flexibility index (Phi) is 3.69. The van der Waals surface area contributed by atoms with Crippen LogP contribution in [-0.2, 0) is 11.2 Å².